The largest absolute Gasteiger partial charge is 0.459 e. The molecule has 1 saturated carbocycles. The summed E-state index contributed by atoms with van der Waals surface area (Å²) >= 11 is 7.37. The normalized spacial score (nSPS) is 13.7. The van der Waals surface area contributed by atoms with Crippen LogP contribution < -0.4 is 0 Å². The van der Waals surface area contributed by atoms with Gasteiger partial charge in [0.25, 0.3) is 0 Å². The second-order valence-electron chi connectivity index (χ2n) is 6.94. The quantitative estimate of drug-likeness (QED) is 0.527. The van der Waals surface area contributed by atoms with Gasteiger partial charge < -0.3 is 13.9 Å². The van der Waals surface area contributed by atoms with E-state index in [1.54, 1.807) is 11.9 Å². The van der Waals surface area contributed by atoms with Crippen LogP contribution in [-0.4, -0.2) is 38.4 Å². The molecule has 0 radical (unpaired) electrons. The minimum atomic E-state index is 0.0254. The van der Waals surface area contributed by atoms with Gasteiger partial charge in [0.05, 0.1) is 12.3 Å². The fourth-order valence-corrected chi connectivity index (χ4v) is 4.11. The molecule has 0 aliphatic heterocycles. The van der Waals surface area contributed by atoms with Crippen LogP contribution in [0.5, 0.6) is 0 Å². The van der Waals surface area contributed by atoms with Gasteiger partial charge in [0, 0.05) is 23.7 Å². The summed E-state index contributed by atoms with van der Waals surface area (Å²) in [6.07, 6.45) is 2.32. The number of hydrogen-bond donors (Lipinski definition) is 0. The van der Waals surface area contributed by atoms with E-state index >= 15 is 0 Å². The van der Waals surface area contributed by atoms with Crippen LogP contribution in [0.1, 0.15) is 30.5 Å². The first-order chi connectivity index (χ1) is 13.5. The monoisotopic (exact) mass is 416 g/mol. The molecule has 3 aromatic rings. The summed E-state index contributed by atoms with van der Waals surface area (Å²) in [5, 5.41) is 9.87. The van der Waals surface area contributed by atoms with Gasteiger partial charge in [-0.1, -0.05) is 23.4 Å². The minimum absolute atomic E-state index is 0.0254. The number of aromatic nitrogens is 3. The van der Waals surface area contributed by atoms with Crippen LogP contribution in [0.3, 0.4) is 0 Å². The highest BCUT2D eigenvalue weighted by molar-refractivity contribution is 7.99. The van der Waals surface area contributed by atoms with Crippen molar-refractivity contribution in [3.63, 3.8) is 0 Å². The molecule has 1 aliphatic carbocycles. The number of aryl methyl sites for hydroxylation is 1. The summed E-state index contributed by atoms with van der Waals surface area (Å²) in [4.78, 5) is 14.2. The summed E-state index contributed by atoms with van der Waals surface area (Å²) < 4.78 is 8.03. The highest BCUT2D eigenvalue weighted by Gasteiger charge is 2.28. The van der Waals surface area contributed by atoms with Gasteiger partial charge in [0.15, 0.2) is 5.16 Å². The molecule has 1 aromatic carbocycles. The van der Waals surface area contributed by atoms with Crippen molar-refractivity contribution in [3.8, 4) is 11.3 Å². The van der Waals surface area contributed by atoms with Gasteiger partial charge in [-0.05, 0) is 56.2 Å². The molecule has 0 unspecified atom stereocenters. The van der Waals surface area contributed by atoms with Crippen LogP contribution >= 0.6 is 23.4 Å². The van der Waals surface area contributed by atoms with Crippen LogP contribution in [0, 0.1) is 6.92 Å². The Balaban J connectivity index is 1.34. The molecule has 2 heterocycles. The molecule has 0 atom stereocenters. The van der Waals surface area contributed by atoms with E-state index in [0.717, 1.165) is 40.9 Å². The predicted molar refractivity (Wildman–Crippen MR) is 109 cm³/mol. The summed E-state index contributed by atoms with van der Waals surface area (Å²) in [7, 11) is 1.78. The van der Waals surface area contributed by atoms with Crippen molar-refractivity contribution < 1.29 is 9.21 Å². The molecule has 6 nitrogen and oxygen atoms in total. The topological polar surface area (TPSA) is 64.2 Å². The van der Waals surface area contributed by atoms with Crippen molar-refractivity contribution in [1.29, 1.82) is 0 Å². The Kier molecular flexibility index (Phi) is 5.46. The Bertz CT molecular complexity index is 979. The lowest BCUT2D eigenvalue weighted by Crippen LogP contribution is -2.27. The zero-order valence-electron chi connectivity index (χ0n) is 15.8. The van der Waals surface area contributed by atoms with Gasteiger partial charge in [0.2, 0.25) is 5.91 Å². The first-order valence-corrected chi connectivity index (χ1v) is 10.5. The maximum Gasteiger partial charge on any atom is 0.233 e. The van der Waals surface area contributed by atoms with Gasteiger partial charge >= 0.3 is 0 Å². The fraction of sp³-hybridized carbons (Fsp3) is 0.350. The Hall–Kier alpha value is -2.25. The number of benzene rings is 1. The van der Waals surface area contributed by atoms with Crippen molar-refractivity contribution in [2.24, 2.45) is 0 Å². The third-order valence-electron chi connectivity index (χ3n) is 4.68. The Morgan fingerprint density at radius 1 is 1.25 bits per heavy atom. The van der Waals surface area contributed by atoms with Crippen LogP contribution in [0.25, 0.3) is 11.3 Å². The van der Waals surface area contributed by atoms with E-state index < -0.39 is 0 Å². The first-order valence-electron chi connectivity index (χ1n) is 9.14. The van der Waals surface area contributed by atoms with Crippen LogP contribution in [0.15, 0.2) is 46.0 Å². The Morgan fingerprint density at radius 3 is 2.71 bits per heavy atom. The van der Waals surface area contributed by atoms with Crippen molar-refractivity contribution in [2.75, 3.05) is 12.8 Å². The van der Waals surface area contributed by atoms with E-state index in [4.69, 9.17) is 16.0 Å². The number of hydrogen-bond acceptors (Lipinski definition) is 5. The van der Waals surface area contributed by atoms with E-state index in [-0.39, 0.29) is 5.91 Å². The van der Waals surface area contributed by atoms with E-state index in [9.17, 15) is 4.79 Å². The lowest BCUT2D eigenvalue weighted by atomic mass is 10.2. The molecule has 0 spiro atoms. The molecule has 1 amide bonds. The zero-order chi connectivity index (χ0) is 19.7. The SMILES string of the molecule is Cc1nnc(SCC(=O)N(C)Cc2ccc(-c3ccc(Cl)cc3)o2)n1C1CC1. The maximum absolute atomic E-state index is 12.5. The van der Waals surface area contributed by atoms with Gasteiger partial charge in [-0.3, -0.25) is 4.79 Å². The third kappa shape index (κ3) is 4.25. The van der Waals surface area contributed by atoms with Crippen molar-refractivity contribution in [1.82, 2.24) is 19.7 Å². The molecule has 0 N–H and O–H groups in total. The highest BCUT2D eigenvalue weighted by Crippen LogP contribution is 2.38. The van der Waals surface area contributed by atoms with E-state index in [0.29, 0.717) is 23.4 Å². The number of halogens is 1. The Morgan fingerprint density at radius 2 is 2.00 bits per heavy atom. The number of thioether (sulfide) groups is 1. The average molecular weight is 417 g/mol. The predicted octanol–water partition coefficient (Wildman–Crippen LogP) is 4.59. The second-order valence-corrected chi connectivity index (χ2v) is 8.32. The van der Waals surface area contributed by atoms with Gasteiger partial charge in [-0.25, -0.2) is 0 Å². The van der Waals surface area contributed by atoms with Crippen LogP contribution in [0.2, 0.25) is 5.02 Å². The highest BCUT2D eigenvalue weighted by atomic mass is 35.5. The summed E-state index contributed by atoms with van der Waals surface area (Å²) in [5.74, 6) is 2.76. The van der Waals surface area contributed by atoms with Gasteiger partial charge in [-0.2, -0.15) is 0 Å². The molecule has 0 bridgehead atoms. The molecule has 28 heavy (non-hydrogen) atoms. The van der Waals surface area contributed by atoms with Gasteiger partial charge in [-0.15, -0.1) is 10.2 Å². The molecule has 146 valence electrons. The standard InChI is InChI=1S/C20H21ClN4O2S/c1-13-22-23-20(25(13)16-7-8-16)28-12-19(26)24(2)11-17-9-10-18(27-17)14-3-5-15(21)6-4-14/h3-6,9-10,16H,7-8,11-12H2,1-2H3. The van der Waals surface area contributed by atoms with E-state index in [1.165, 1.54) is 11.8 Å². The molecular weight excluding hydrogens is 396 g/mol. The lowest BCUT2D eigenvalue weighted by molar-refractivity contribution is -0.127. The van der Waals surface area contributed by atoms with Crippen molar-refractivity contribution >= 4 is 29.3 Å². The second kappa shape index (κ2) is 8.01. The summed E-state index contributed by atoms with van der Waals surface area (Å²) in [6.45, 7) is 2.37. The maximum atomic E-state index is 12.5. The fourth-order valence-electron chi connectivity index (χ4n) is 2.99. The average Bonchev–Trinajstić information content (AvgIpc) is 3.29. The minimum Gasteiger partial charge on any atom is -0.459 e. The molecule has 0 saturated heterocycles. The summed E-state index contributed by atoms with van der Waals surface area (Å²) in [6, 6.07) is 11.8. The molecule has 8 heteroatoms. The smallest absolute Gasteiger partial charge is 0.233 e. The van der Waals surface area contributed by atoms with Crippen LogP contribution in [0.4, 0.5) is 0 Å². The van der Waals surface area contributed by atoms with E-state index in [1.807, 2.05) is 43.3 Å². The van der Waals surface area contributed by atoms with E-state index in [2.05, 4.69) is 14.8 Å². The lowest BCUT2D eigenvalue weighted by Gasteiger charge is -2.15. The number of rotatable bonds is 7. The molecule has 1 aliphatic rings. The number of nitrogens with zero attached hydrogens (tertiary/aromatic N) is 4. The molecule has 1 fully saturated rings. The molecule has 4 rings (SSSR count). The number of amides is 1. The molecule has 2 aromatic heterocycles. The third-order valence-corrected chi connectivity index (χ3v) is 5.86. The first kappa shape index (κ1) is 19.1. The summed E-state index contributed by atoms with van der Waals surface area (Å²) in [5.41, 5.74) is 0.954. The van der Waals surface area contributed by atoms with Gasteiger partial charge in [0.1, 0.15) is 17.3 Å². The van der Waals surface area contributed by atoms with Crippen molar-refractivity contribution in [3.05, 3.63) is 53.0 Å². The van der Waals surface area contributed by atoms with Crippen molar-refractivity contribution in [2.45, 2.75) is 37.5 Å². The number of carbonyl (C=O) groups is 1. The number of carbonyl (C=O) groups excluding carboxylic acids is 1. The Labute approximate surface area is 172 Å². The number of furan rings is 1. The molecular formula is C20H21ClN4O2S. The van der Waals surface area contributed by atoms with Crippen LogP contribution in [-0.2, 0) is 11.3 Å². The zero-order valence-corrected chi connectivity index (χ0v) is 17.3.